The summed E-state index contributed by atoms with van der Waals surface area (Å²) in [4.78, 5) is 32.9. The van der Waals surface area contributed by atoms with Crippen molar-refractivity contribution in [1.29, 1.82) is 0 Å². The van der Waals surface area contributed by atoms with E-state index in [2.05, 4.69) is 50.8 Å². The molecule has 0 aliphatic rings. The van der Waals surface area contributed by atoms with Crippen molar-refractivity contribution in [3.8, 4) is 17.6 Å². The number of carbonyl (C=O) groups is 2. The summed E-state index contributed by atoms with van der Waals surface area (Å²) < 4.78 is 20.2. The molecule has 0 saturated heterocycles. The number of ether oxygens (including phenoxy) is 3. The molecule has 0 aliphatic carbocycles. The van der Waals surface area contributed by atoms with E-state index in [1.165, 1.54) is 58.5 Å². The van der Waals surface area contributed by atoms with Crippen LogP contribution < -0.4 is 16.2 Å². The standard InChI is InChI=1S/C25H28N16O5/c1-11-17(32-34-21-13(23(42)44-5)9-28-38(21)3)19(26)40(36-11)15-8-16(31-25(30-15)46-7)41-20(27)18(12(2)37-41)33-35-22-14(24(43)45-6)10-29-39(22)4/h8-10H,26-27H2,1-7H3. The fraction of sp³-hybridized carbons (Fsp3) is 0.280. The highest BCUT2D eigenvalue weighted by Crippen LogP contribution is 2.34. The second kappa shape index (κ2) is 12.2. The van der Waals surface area contributed by atoms with Gasteiger partial charge in [0.05, 0.1) is 45.1 Å². The van der Waals surface area contributed by atoms with Crippen LogP contribution in [-0.2, 0) is 23.6 Å². The summed E-state index contributed by atoms with van der Waals surface area (Å²) in [5.74, 6) is -0.398. The number of nitrogen functional groups attached to an aromatic ring is 2. The van der Waals surface area contributed by atoms with Crippen molar-refractivity contribution in [2.75, 3.05) is 32.8 Å². The van der Waals surface area contributed by atoms with Gasteiger partial charge in [-0.05, 0) is 13.8 Å². The van der Waals surface area contributed by atoms with E-state index in [9.17, 15) is 9.59 Å². The number of nitrogens with two attached hydrogens (primary N) is 2. The molecule has 0 amide bonds. The first-order chi connectivity index (χ1) is 22.0. The van der Waals surface area contributed by atoms with E-state index >= 15 is 0 Å². The fourth-order valence-corrected chi connectivity index (χ4v) is 4.18. The Labute approximate surface area is 259 Å². The smallest absolute Gasteiger partial charge is 0.343 e. The first kappa shape index (κ1) is 30.9. The van der Waals surface area contributed by atoms with E-state index in [4.69, 9.17) is 25.7 Å². The second-order valence-electron chi connectivity index (χ2n) is 9.43. The number of methoxy groups -OCH3 is 3. The average molecular weight is 633 g/mol. The normalized spacial score (nSPS) is 11.5. The predicted molar refractivity (Wildman–Crippen MR) is 159 cm³/mol. The highest BCUT2D eigenvalue weighted by molar-refractivity contribution is 5.94. The van der Waals surface area contributed by atoms with Gasteiger partial charge >= 0.3 is 17.9 Å². The van der Waals surface area contributed by atoms with Crippen LogP contribution in [0.4, 0.5) is 34.6 Å². The molecular formula is C25H28N16O5. The van der Waals surface area contributed by atoms with Crippen LogP contribution in [0.5, 0.6) is 6.01 Å². The van der Waals surface area contributed by atoms with Crippen molar-refractivity contribution >= 4 is 46.6 Å². The quantitative estimate of drug-likeness (QED) is 0.175. The van der Waals surface area contributed by atoms with Gasteiger partial charge in [0.25, 0.3) is 0 Å². The minimum atomic E-state index is -0.622. The van der Waals surface area contributed by atoms with Crippen molar-refractivity contribution in [2.45, 2.75) is 13.8 Å². The monoisotopic (exact) mass is 632 g/mol. The summed E-state index contributed by atoms with van der Waals surface area (Å²) in [6, 6.07) is 1.47. The topological polar surface area (TPSA) is 260 Å². The van der Waals surface area contributed by atoms with Crippen molar-refractivity contribution in [2.24, 2.45) is 34.6 Å². The van der Waals surface area contributed by atoms with Crippen LogP contribution in [0, 0.1) is 13.8 Å². The molecule has 46 heavy (non-hydrogen) atoms. The van der Waals surface area contributed by atoms with Crippen molar-refractivity contribution in [3.63, 3.8) is 0 Å². The molecule has 0 fully saturated rings. The lowest BCUT2D eigenvalue weighted by Gasteiger charge is -2.09. The zero-order chi connectivity index (χ0) is 33.3. The van der Waals surface area contributed by atoms with E-state index in [1.807, 2.05) is 0 Å². The highest BCUT2D eigenvalue weighted by atomic mass is 16.5. The molecule has 4 N–H and O–H groups in total. The minimum absolute atomic E-state index is 0.0471. The zero-order valence-corrected chi connectivity index (χ0v) is 25.7. The number of esters is 2. The van der Waals surface area contributed by atoms with Gasteiger partial charge < -0.3 is 25.7 Å². The third kappa shape index (κ3) is 5.46. The Morgan fingerprint density at radius 1 is 0.717 bits per heavy atom. The molecule has 5 rings (SSSR count). The van der Waals surface area contributed by atoms with Crippen LogP contribution in [-0.4, -0.2) is 82.4 Å². The first-order valence-electron chi connectivity index (χ1n) is 13.2. The lowest BCUT2D eigenvalue weighted by Crippen LogP contribution is -2.10. The SMILES string of the molecule is COC(=O)c1cnn(C)c1N=Nc1c(C)nn(-c2cc(-n3nc(C)c(N=Nc4c(C(=O)OC)cnn4C)c3N)nc(OC)n2)c1N. The van der Waals surface area contributed by atoms with E-state index in [0.29, 0.717) is 11.4 Å². The lowest BCUT2D eigenvalue weighted by atomic mass is 10.3. The summed E-state index contributed by atoms with van der Waals surface area (Å²) >= 11 is 0. The molecule has 0 unspecified atom stereocenters. The van der Waals surface area contributed by atoms with Crippen LogP contribution in [0.15, 0.2) is 38.9 Å². The molecule has 0 aromatic carbocycles. The summed E-state index contributed by atoms with van der Waals surface area (Å²) in [5.41, 5.74) is 14.4. The predicted octanol–water partition coefficient (Wildman–Crippen LogP) is 2.51. The maximum Gasteiger partial charge on any atom is 0.343 e. The van der Waals surface area contributed by atoms with Crippen LogP contribution in [0.2, 0.25) is 0 Å². The summed E-state index contributed by atoms with van der Waals surface area (Å²) in [5, 5.41) is 33.8. The Balaban J connectivity index is 1.53. The summed E-state index contributed by atoms with van der Waals surface area (Å²) in [6.45, 7) is 3.34. The molecule has 5 aromatic rings. The number of anilines is 2. The van der Waals surface area contributed by atoms with Gasteiger partial charge in [-0.2, -0.15) is 39.7 Å². The number of aromatic nitrogens is 10. The molecule has 5 heterocycles. The molecule has 238 valence electrons. The summed E-state index contributed by atoms with van der Waals surface area (Å²) in [6.07, 6.45) is 2.64. The largest absolute Gasteiger partial charge is 0.467 e. The molecule has 21 nitrogen and oxygen atoms in total. The van der Waals surface area contributed by atoms with Crippen molar-refractivity contribution in [1.82, 2.24) is 49.1 Å². The molecule has 0 atom stereocenters. The highest BCUT2D eigenvalue weighted by Gasteiger charge is 2.22. The molecule has 0 bridgehead atoms. The molecule has 0 spiro atoms. The van der Waals surface area contributed by atoms with Gasteiger partial charge in [0.2, 0.25) is 0 Å². The molecule has 0 saturated carbocycles. The van der Waals surface area contributed by atoms with E-state index < -0.39 is 11.9 Å². The van der Waals surface area contributed by atoms with Gasteiger partial charge in [0, 0.05) is 20.2 Å². The van der Waals surface area contributed by atoms with Gasteiger partial charge in [-0.1, -0.05) is 0 Å². The Morgan fingerprint density at radius 3 is 1.50 bits per heavy atom. The van der Waals surface area contributed by atoms with E-state index in [1.54, 1.807) is 27.9 Å². The first-order valence-corrected chi connectivity index (χ1v) is 13.2. The van der Waals surface area contributed by atoms with Crippen molar-refractivity contribution in [3.05, 3.63) is 41.0 Å². The average Bonchev–Trinajstić information content (AvgIpc) is 3.77. The van der Waals surface area contributed by atoms with Gasteiger partial charge in [-0.25, -0.2) is 19.0 Å². The number of carbonyl (C=O) groups excluding carboxylic acids is 2. The van der Waals surface area contributed by atoms with Crippen LogP contribution in [0.3, 0.4) is 0 Å². The van der Waals surface area contributed by atoms with Crippen molar-refractivity contribution < 1.29 is 23.8 Å². The fourth-order valence-electron chi connectivity index (χ4n) is 4.18. The Morgan fingerprint density at radius 2 is 1.13 bits per heavy atom. The zero-order valence-electron chi connectivity index (χ0n) is 25.7. The second-order valence-corrected chi connectivity index (χ2v) is 9.43. The van der Waals surface area contributed by atoms with Crippen LogP contribution in [0.1, 0.15) is 32.1 Å². The number of nitrogens with zero attached hydrogens (tertiary/aromatic N) is 14. The number of hydrogen-bond donors (Lipinski definition) is 2. The number of rotatable bonds is 9. The number of azo groups is 2. The van der Waals surface area contributed by atoms with Gasteiger partial charge in [-0.3, -0.25) is 0 Å². The molecule has 0 aliphatic heterocycles. The van der Waals surface area contributed by atoms with Gasteiger partial charge in [0.1, 0.15) is 11.1 Å². The van der Waals surface area contributed by atoms with Gasteiger partial charge in [-0.15, -0.1) is 20.5 Å². The van der Waals surface area contributed by atoms with Gasteiger partial charge in [0.15, 0.2) is 46.3 Å². The number of hydrogen-bond acceptors (Lipinski definition) is 17. The van der Waals surface area contributed by atoms with Crippen LogP contribution >= 0.6 is 0 Å². The Bertz CT molecular complexity index is 1890. The molecule has 21 heteroatoms. The van der Waals surface area contributed by atoms with Crippen LogP contribution in [0.25, 0.3) is 11.6 Å². The number of aryl methyl sites for hydroxylation is 4. The maximum atomic E-state index is 12.1. The lowest BCUT2D eigenvalue weighted by molar-refractivity contribution is 0.0592. The minimum Gasteiger partial charge on any atom is -0.467 e. The molecular weight excluding hydrogens is 604 g/mol. The Kier molecular flexibility index (Phi) is 8.21. The van der Waals surface area contributed by atoms with E-state index in [-0.39, 0.29) is 63.4 Å². The Hall–Kier alpha value is -6.54. The third-order valence-corrected chi connectivity index (χ3v) is 6.54. The van der Waals surface area contributed by atoms with E-state index in [0.717, 1.165) is 0 Å². The summed E-state index contributed by atoms with van der Waals surface area (Å²) in [7, 11) is 7.09. The third-order valence-electron chi connectivity index (χ3n) is 6.54. The molecule has 5 aromatic heterocycles. The molecule has 0 radical (unpaired) electrons. The maximum absolute atomic E-state index is 12.1.